The third kappa shape index (κ3) is 5.19. The number of fused-ring (bicyclic) bond motifs is 6. The van der Waals surface area contributed by atoms with Gasteiger partial charge in [0.1, 0.15) is 0 Å². The van der Waals surface area contributed by atoms with Gasteiger partial charge in [0.25, 0.3) is 0 Å². The molecule has 0 unspecified atom stereocenters. The van der Waals surface area contributed by atoms with Gasteiger partial charge in [-0.15, -0.1) is 0 Å². The smallest absolute Gasteiger partial charge is 0.160 e. The summed E-state index contributed by atoms with van der Waals surface area (Å²) in [5, 5.41) is 8.73. The van der Waals surface area contributed by atoms with Gasteiger partial charge >= 0.3 is 0 Å². The van der Waals surface area contributed by atoms with Gasteiger partial charge in [-0.1, -0.05) is 158 Å². The Morgan fingerprint density at radius 2 is 0.885 bits per heavy atom. The lowest BCUT2D eigenvalue weighted by Gasteiger charge is -2.14. The van der Waals surface area contributed by atoms with Gasteiger partial charge in [0.05, 0.1) is 16.9 Å². The number of aromatic nitrogens is 3. The van der Waals surface area contributed by atoms with E-state index in [4.69, 9.17) is 9.97 Å². The van der Waals surface area contributed by atoms with Crippen LogP contribution >= 0.6 is 0 Å². The van der Waals surface area contributed by atoms with Crippen LogP contribution in [0.3, 0.4) is 0 Å². The normalized spacial score (nSPS) is 11.5. The summed E-state index contributed by atoms with van der Waals surface area (Å²) in [5.41, 5.74) is 10.5. The summed E-state index contributed by atoms with van der Waals surface area (Å²) < 4.78 is 0. The first-order valence-corrected chi connectivity index (χ1v) is 17.6. The van der Waals surface area contributed by atoms with Gasteiger partial charge in [0.15, 0.2) is 5.82 Å². The number of hydrogen-bond acceptors (Lipinski definition) is 3. The summed E-state index contributed by atoms with van der Waals surface area (Å²) in [6.07, 6.45) is 1.88. The molecule has 0 aliphatic heterocycles. The minimum absolute atomic E-state index is 0.696. The number of para-hydroxylation sites is 1. The predicted molar refractivity (Wildman–Crippen MR) is 217 cm³/mol. The maximum Gasteiger partial charge on any atom is 0.160 e. The molecule has 10 rings (SSSR count). The summed E-state index contributed by atoms with van der Waals surface area (Å²) in [6, 6.07) is 64.4. The quantitative estimate of drug-likeness (QED) is 0.172. The molecule has 0 saturated carbocycles. The van der Waals surface area contributed by atoms with E-state index in [9.17, 15) is 0 Å². The zero-order valence-electron chi connectivity index (χ0n) is 28.2. The van der Waals surface area contributed by atoms with Gasteiger partial charge in [-0.2, -0.15) is 0 Å². The molecule has 0 saturated heterocycles. The van der Waals surface area contributed by atoms with Crippen molar-refractivity contribution in [2.24, 2.45) is 0 Å². The third-order valence-electron chi connectivity index (χ3n) is 10.1. The fourth-order valence-corrected chi connectivity index (χ4v) is 7.57. The number of pyridine rings is 1. The summed E-state index contributed by atoms with van der Waals surface area (Å²) in [7, 11) is 0. The molecule has 52 heavy (non-hydrogen) atoms. The van der Waals surface area contributed by atoms with Crippen LogP contribution in [0.25, 0.3) is 99.4 Å². The minimum atomic E-state index is 0.696. The van der Waals surface area contributed by atoms with Crippen molar-refractivity contribution < 1.29 is 0 Å². The van der Waals surface area contributed by atoms with E-state index in [0.717, 1.165) is 55.7 Å². The highest BCUT2D eigenvalue weighted by Gasteiger charge is 2.14. The Kier molecular flexibility index (Phi) is 7.14. The standard InChI is InChI=1S/C49H31N3/c1-2-11-35(12-3-1)46-31-47(36-23-18-33(19-24-36)39-28-29-50-45-17-9-8-15-42(39)45)52-49(51-46)37-25-20-34(21-26-37)44-30-38-27-22-32-10-4-5-13-40(32)48(38)43-16-7-6-14-41(43)44/h1-31H. The lowest BCUT2D eigenvalue weighted by Crippen LogP contribution is -1.96. The molecule has 2 heterocycles. The Hall–Kier alpha value is -6.97. The molecular weight excluding hydrogens is 631 g/mol. The number of rotatable bonds is 5. The minimum Gasteiger partial charge on any atom is -0.256 e. The van der Waals surface area contributed by atoms with Crippen molar-refractivity contribution in [1.29, 1.82) is 0 Å². The fourth-order valence-electron chi connectivity index (χ4n) is 7.57. The van der Waals surface area contributed by atoms with E-state index < -0.39 is 0 Å². The Morgan fingerprint density at radius 3 is 1.65 bits per heavy atom. The molecule has 0 N–H and O–H groups in total. The van der Waals surface area contributed by atoms with Crippen molar-refractivity contribution in [3.63, 3.8) is 0 Å². The van der Waals surface area contributed by atoms with Gasteiger partial charge in [-0.3, -0.25) is 4.98 Å². The average molecular weight is 662 g/mol. The second kappa shape index (κ2) is 12.4. The van der Waals surface area contributed by atoms with E-state index in [-0.39, 0.29) is 0 Å². The molecule has 0 aliphatic rings. The molecule has 3 nitrogen and oxygen atoms in total. The molecule has 0 atom stereocenters. The molecular formula is C49H31N3. The van der Waals surface area contributed by atoms with Crippen LogP contribution in [0.5, 0.6) is 0 Å². The van der Waals surface area contributed by atoms with Gasteiger partial charge < -0.3 is 0 Å². The molecule has 8 aromatic carbocycles. The van der Waals surface area contributed by atoms with Crippen LogP contribution in [0.15, 0.2) is 188 Å². The van der Waals surface area contributed by atoms with Crippen molar-refractivity contribution in [2.75, 3.05) is 0 Å². The molecule has 0 aliphatic carbocycles. The monoisotopic (exact) mass is 661 g/mol. The molecule has 0 spiro atoms. The van der Waals surface area contributed by atoms with Gasteiger partial charge in [-0.05, 0) is 78.8 Å². The van der Waals surface area contributed by atoms with Crippen LogP contribution in [-0.2, 0) is 0 Å². The van der Waals surface area contributed by atoms with Crippen molar-refractivity contribution in [2.45, 2.75) is 0 Å². The third-order valence-corrected chi connectivity index (χ3v) is 10.1. The van der Waals surface area contributed by atoms with E-state index in [0.29, 0.717) is 5.82 Å². The van der Waals surface area contributed by atoms with E-state index in [1.54, 1.807) is 0 Å². The van der Waals surface area contributed by atoms with E-state index >= 15 is 0 Å². The Bertz CT molecular complexity index is 2930. The van der Waals surface area contributed by atoms with Gasteiger partial charge in [0, 0.05) is 28.3 Å². The zero-order valence-corrected chi connectivity index (χ0v) is 28.2. The topological polar surface area (TPSA) is 38.7 Å². The fraction of sp³-hybridized carbons (Fsp3) is 0. The molecule has 242 valence electrons. The molecule has 0 amide bonds. The largest absolute Gasteiger partial charge is 0.256 e. The van der Waals surface area contributed by atoms with Gasteiger partial charge in [0.2, 0.25) is 0 Å². The first kappa shape index (κ1) is 29.9. The summed E-state index contributed by atoms with van der Waals surface area (Å²) in [5.74, 6) is 0.696. The maximum atomic E-state index is 5.15. The Labute approximate surface area is 301 Å². The van der Waals surface area contributed by atoms with Crippen molar-refractivity contribution in [3.8, 4) is 56.2 Å². The Morgan fingerprint density at radius 1 is 0.327 bits per heavy atom. The number of nitrogens with zero attached hydrogens (tertiary/aromatic N) is 3. The SMILES string of the molecule is c1ccc(-c2cc(-c3ccc(-c4ccnc5ccccc45)cc3)nc(-c3ccc(-c4cc5ccc6ccccc6c5c5ccccc45)cc3)n2)cc1. The predicted octanol–water partition coefficient (Wildman–Crippen LogP) is 12.8. The van der Waals surface area contributed by atoms with Crippen LogP contribution in [0.4, 0.5) is 0 Å². The van der Waals surface area contributed by atoms with Crippen LogP contribution in [0.1, 0.15) is 0 Å². The van der Waals surface area contributed by atoms with Crippen molar-refractivity contribution in [1.82, 2.24) is 15.0 Å². The van der Waals surface area contributed by atoms with Gasteiger partial charge in [-0.25, -0.2) is 9.97 Å². The highest BCUT2D eigenvalue weighted by Crippen LogP contribution is 2.39. The van der Waals surface area contributed by atoms with Crippen LogP contribution < -0.4 is 0 Å². The van der Waals surface area contributed by atoms with E-state index in [2.05, 4.69) is 175 Å². The van der Waals surface area contributed by atoms with E-state index in [1.165, 1.54) is 37.9 Å². The highest BCUT2D eigenvalue weighted by atomic mass is 14.9. The van der Waals surface area contributed by atoms with E-state index in [1.807, 2.05) is 18.3 Å². The first-order valence-electron chi connectivity index (χ1n) is 17.6. The molecule has 0 bridgehead atoms. The molecule has 10 aromatic rings. The second-order valence-corrected chi connectivity index (χ2v) is 13.2. The lowest BCUT2D eigenvalue weighted by molar-refractivity contribution is 1.18. The number of benzene rings is 8. The van der Waals surface area contributed by atoms with Crippen molar-refractivity contribution >= 4 is 43.2 Å². The van der Waals surface area contributed by atoms with Crippen molar-refractivity contribution in [3.05, 3.63) is 188 Å². The lowest BCUT2D eigenvalue weighted by atomic mass is 9.90. The molecule has 0 fully saturated rings. The Balaban J connectivity index is 1.06. The first-order chi connectivity index (χ1) is 25.8. The average Bonchev–Trinajstić information content (AvgIpc) is 3.23. The molecule has 2 aromatic heterocycles. The molecule has 3 heteroatoms. The summed E-state index contributed by atoms with van der Waals surface area (Å²) in [6.45, 7) is 0. The second-order valence-electron chi connectivity index (χ2n) is 13.2. The number of hydrogen-bond donors (Lipinski definition) is 0. The maximum absolute atomic E-state index is 5.15. The van der Waals surface area contributed by atoms with Crippen LogP contribution in [0, 0.1) is 0 Å². The van der Waals surface area contributed by atoms with Crippen LogP contribution in [-0.4, -0.2) is 15.0 Å². The summed E-state index contributed by atoms with van der Waals surface area (Å²) >= 11 is 0. The highest BCUT2D eigenvalue weighted by molar-refractivity contribution is 6.23. The zero-order chi connectivity index (χ0) is 34.4. The summed E-state index contributed by atoms with van der Waals surface area (Å²) in [4.78, 5) is 14.8. The van der Waals surface area contributed by atoms with Crippen LogP contribution in [0.2, 0.25) is 0 Å². The molecule has 0 radical (unpaired) electrons.